The molecule has 0 atom stereocenters. The average molecular weight is 176 g/mol. The molecule has 0 fully saturated rings. The Hall–Kier alpha value is -1.58. The fourth-order valence-corrected chi connectivity index (χ4v) is 1.37. The summed E-state index contributed by atoms with van der Waals surface area (Å²) < 4.78 is 1.92. The van der Waals surface area contributed by atoms with E-state index < -0.39 is 0 Å². The van der Waals surface area contributed by atoms with E-state index in [2.05, 4.69) is 9.97 Å². The highest BCUT2D eigenvalue weighted by molar-refractivity contribution is 5.85. The zero-order valence-electron chi connectivity index (χ0n) is 8.02. The van der Waals surface area contributed by atoms with Gasteiger partial charge in [0.2, 0.25) is 0 Å². The van der Waals surface area contributed by atoms with Crippen molar-refractivity contribution in [2.75, 3.05) is 19.0 Å². The quantitative estimate of drug-likeness (QED) is 0.651. The molecule has 2 heterocycles. The molecule has 2 aromatic rings. The van der Waals surface area contributed by atoms with E-state index in [-0.39, 0.29) is 0 Å². The molecule has 0 aliphatic carbocycles. The number of aromatic nitrogens is 3. The van der Waals surface area contributed by atoms with Crippen molar-refractivity contribution in [3.63, 3.8) is 0 Å². The molecule has 2 rings (SSSR count). The second-order valence-electron chi connectivity index (χ2n) is 3.25. The number of imidazole rings is 1. The standard InChI is InChI=1S/C9H12N4/c1-12(2)7-4-5-10-9-8(7)11-6-13(9)3/h4-6H,1-3H3. The van der Waals surface area contributed by atoms with Gasteiger partial charge in [0, 0.05) is 27.3 Å². The third-order valence-electron chi connectivity index (χ3n) is 2.06. The number of hydrogen-bond donors (Lipinski definition) is 0. The first-order valence-electron chi connectivity index (χ1n) is 4.13. The molecule has 0 amide bonds. The van der Waals surface area contributed by atoms with Gasteiger partial charge in [0.05, 0.1) is 12.0 Å². The highest BCUT2D eigenvalue weighted by Crippen LogP contribution is 2.20. The lowest BCUT2D eigenvalue weighted by molar-refractivity contribution is 0.931. The summed E-state index contributed by atoms with van der Waals surface area (Å²) in [5.41, 5.74) is 2.98. The number of nitrogens with zero attached hydrogens (tertiary/aromatic N) is 4. The normalized spacial score (nSPS) is 10.7. The molecule has 0 saturated carbocycles. The third kappa shape index (κ3) is 1.14. The smallest absolute Gasteiger partial charge is 0.161 e. The summed E-state index contributed by atoms with van der Waals surface area (Å²) >= 11 is 0. The summed E-state index contributed by atoms with van der Waals surface area (Å²) in [7, 11) is 5.95. The Balaban J connectivity index is 2.77. The molecule has 13 heavy (non-hydrogen) atoms. The zero-order valence-corrected chi connectivity index (χ0v) is 8.02. The Morgan fingerprint density at radius 2 is 2.08 bits per heavy atom. The van der Waals surface area contributed by atoms with E-state index in [0.717, 1.165) is 16.9 Å². The molecule has 0 aliphatic heterocycles. The molecule has 0 aliphatic rings. The largest absolute Gasteiger partial charge is 0.376 e. The van der Waals surface area contributed by atoms with Crippen LogP contribution in [0.3, 0.4) is 0 Å². The number of hydrogen-bond acceptors (Lipinski definition) is 3. The van der Waals surface area contributed by atoms with Crippen LogP contribution >= 0.6 is 0 Å². The molecular formula is C9H12N4. The van der Waals surface area contributed by atoms with E-state index in [4.69, 9.17) is 0 Å². The summed E-state index contributed by atoms with van der Waals surface area (Å²) in [6, 6.07) is 1.97. The summed E-state index contributed by atoms with van der Waals surface area (Å²) in [5, 5.41) is 0. The summed E-state index contributed by atoms with van der Waals surface area (Å²) in [6.45, 7) is 0. The number of pyridine rings is 1. The van der Waals surface area contributed by atoms with Gasteiger partial charge < -0.3 is 9.47 Å². The van der Waals surface area contributed by atoms with Gasteiger partial charge in [0.25, 0.3) is 0 Å². The van der Waals surface area contributed by atoms with Crippen molar-refractivity contribution in [3.8, 4) is 0 Å². The molecular weight excluding hydrogens is 164 g/mol. The predicted molar refractivity (Wildman–Crippen MR) is 52.8 cm³/mol. The Bertz CT molecular complexity index is 430. The predicted octanol–water partition coefficient (Wildman–Crippen LogP) is 1.03. The summed E-state index contributed by atoms with van der Waals surface area (Å²) in [4.78, 5) is 10.6. The maximum Gasteiger partial charge on any atom is 0.161 e. The van der Waals surface area contributed by atoms with Crippen molar-refractivity contribution in [2.45, 2.75) is 0 Å². The Morgan fingerprint density at radius 3 is 2.77 bits per heavy atom. The molecule has 2 aromatic heterocycles. The van der Waals surface area contributed by atoms with Gasteiger partial charge in [0.1, 0.15) is 5.52 Å². The van der Waals surface area contributed by atoms with E-state index in [1.807, 2.05) is 36.7 Å². The van der Waals surface area contributed by atoms with Crippen LogP contribution < -0.4 is 4.90 Å². The van der Waals surface area contributed by atoms with Crippen LogP contribution in [0.1, 0.15) is 0 Å². The van der Waals surface area contributed by atoms with E-state index in [9.17, 15) is 0 Å². The average Bonchev–Trinajstić information content (AvgIpc) is 2.48. The molecule has 0 aromatic carbocycles. The van der Waals surface area contributed by atoms with Gasteiger partial charge in [-0.05, 0) is 6.07 Å². The van der Waals surface area contributed by atoms with E-state index in [1.165, 1.54) is 0 Å². The van der Waals surface area contributed by atoms with Crippen LogP contribution in [0.4, 0.5) is 5.69 Å². The van der Waals surface area contributed by atoms with Crippen LogP contribution in [0, 0.1) is 0 Å². The molecule has 4 heteroatoms. The van der Waals surface area contributed by atoms with Crippen molar-refractivity contribution >= 4 is 16.9 Å². The van der Waals surface area contributed by atoms with Crippen molar-refractivity contribution in [3.05, 3.63) is 18.6 Å². The first-order valence-corrected chi connectivity index (χ1v) is 4.13. The van der Waals surface area contributed by atoms with Gasteiger partial charge in [0.15, 0.2) is 5.65 Å². The lowest BCUT2D eigenvalue weighted by Gasteiger charge is -2.11. The summed E-state index contributed by atoms with van der Waals surface area (Å²) in [5.74, 6) is 0. The Morgan fingerprint density at radius 1 is 1.31 bits per heavy atom. The molecule has 0 bridgehead atoms. The minimum atomic E-state index is 0.922. The van der Waals surface area contributed by atoms with Crippen molar-refractivity contribution < 1.29 is 0 Å². The number of aryl methyl sites for hydroxylation is 1. The second-order valence-corrected chi connectivity index (χ2v) is 3.25. The molecule has 0 N–H and O–H groups in total. The summed E-state index contributed by atoms with van der Waals surface area (Å²) in [6.07, 6.45) is 3.59. The van der Waals surface area contributed by atoms with Crippen molar-refractivity contribution in [1.29, 1.82) is 0 Å². The Labute approximate surface area is 76.8 Å². The number of anilines is 1. The van der Waals surface area contributed by atoms with Gasteiger partial charge >= 0.3 is 0 Å². The van der Waals surface area contributed by atoms with E-state index in [1.54, 1.807) is 12.5 Å². The van der Waals surface area contributed by atoms with Gasteiger partial charge in [-0.25, -0.2) is 9.97 Å². The van der Waals surface area contributed by atoms with Crippen LogP contribution in [-0.2, 0) is 7.05 Å². The first kappa shape index (κ1) is 8.04. The van der Waals surface area contributed by atoms with Crippen molar-refractivity contribution in [1.82, 2.24) is 14.5 Å². The van der Waals surface area contributed by atoms with Gasteiger partial charge in [-0.15, -0.1) is 0 Å². The Kier molecular flexibility index (Phi) is 1.69. The minimum absolute atomic E-state index is 0.922. The monoisotopic (exact) mass is 176 g/mol. The third-order valence-corrected chi connectivity index (χ3v) is 2.06. The number of fused-ring (bicyclic) bond motifs is 1. The lowest BCUT2D eigenvalue weighted by Crippen LogP contribution is -2.09. The SMILES string of the molecule is CN(C)c1ccnc2c1ncn2C. The minimum Gasteiger partial charge on any atom is -0.376 e. The van der Waals surface area contributed by atoms with E-state index in [0.29, 0.717) is 0 Å². The second kappa shape index (κ2) is 2.73. The van der Waals surface area contributed by atoms with Gasteiger partial charge in [-0.1, -0.05) is 0 Å². The maximum absolute atomic E-state index is 4.30. The lowest BCUT2D eigenvalue weighted by atomic mass is 10.3. The van der Waals surface area contributed by atoms with E-state index >= 15 is 0 Å². The fraction of sp³-hybridized carbons (Fsp3) is 0.333. The first-order chi connectivity index (χ1) is 6.20. The van der Waals surface area contributed by atoms with Crippen LogP contribution in [0.15, 0.2) is 18.6 Å². The molecule has 0 radical (unpaired) electrons. The van der Waals surface area contributed by atoms with Crippen LogP contribution in [0.25, 0.3) is 11.2 Å². The zero-order chi connectivity index (χ0) is 9.42. The topological polar surface area (TPSA) is 34.0 Å². The highest BCUT2D eigenvalue weighted by Gasteiger charge is 2.06. The number of rotatable bonds is 1. The van der Waals surface area contributed by atoms with Crippen LogP contribution in [0.5, 0.6) is 0 Å². The fourth-order valence-electron chi connectivity index (χ4n) is 1.37. The highest BCUT2D eigenvalue weighted by atomic mass is 15.1. The molecule has 4 nitrogen and oxygen atoms in total. The molecule has 0 saturated heterocycles. The maximum atomic E-state index is 4.30. The molecule has 0 unspecified atom stereocenters. The van der Waals surface area contributed by atoms with Crippen molar-refractivity contribution in [2.24, 2.45) is 7.05 Å². The van der Waals surface area contributed by atoms with Crippen LogP contribution in [0.2, 0.25) is 0 Å². The molecule has 68 valence electrons. The van der Waals surface area contributed by atoms with Gasteiger partial charge in [-0.2, -0.15) is 0 Å². The van der Waals surface area contributed by atoms with Crippen LogP contribution in [-0.4, -0.2) is 28.6 Å². The van der Waals surface area contributed by atoms with Gasteiger partial charge in [-0.3, -0.25) is 0 Å². The molecule has 0 spiro atoms.